The second-order valence-electron chi connectivity index (χ2n) is 2.90. The molecular weight excluding hydrogens is 122 g/mol. The monoisotopic (exact) mass is 134 g/mol. The molecule has 0 amide bonds. The fraction of sp³-hybridized carbons (Fsp3) is 1.00. The minimum atomic E-state index is -0.753. The largest absolute Gasteiger partial charge is 0.247 e. The van der Waals surface area contributed by atoms with Gasteiger partial charge in [-0.25, -0.2) is 8.78 Å². The van der Waals surface area contributed by atoms with Gasteiger partial charge < -0.3 is 0 Å². The molecule has 0 aromatic carbocycles. The zero-order valence-corrected chi connectivity index (χ0v) is 5.61. The van der Waals surface area contributed by atoms with Crippen LogP contribution in [-0.2, 0) is 0 Å². The molecule has 54 valence electrons. The number of alkyl halides is 2. The third-order valence-corrected chi connectivity index (χ3v) is 2.00. The molecule has 1 rings (SSSR count). The van der Waals surface area contributed by atoms with Gasteiger partial charge in [0.15, 0.2) is 0 Å². The van der Waals surface area contributed by atoms with Crippen LogP contribution in [0.25, 0.3) is 0 Å². The highest BCUT2D eigenvalue weighted by Gasteiger charge is 2.26. The van der Waals surface area contributed by atoms with Crippen molar-refractivity contribution in [2.75, 3.05) is 0 Å². The first kappa shape index (κ1) is 6.97. The van der Waals surface area contributed by atoms with Crippen molar-refractivity contribution in [1.29, 1.82) is 0 Å². The van der Waals surface area contributed by atoms with Crippen LogP contribution >= 0.6 is 0 Å². The Morgan fingerprint density at radius 1 is 1.22 bits per heavy atom. The lowest BCUT2D eigenvalue weighted by Crippen LogP contribution is -2.24. The maximum Gasteiger partial charge on any atom is 0.103 e. The summed E-state index contributed by atoms with van der Waals surface area (Å²) in [7, 11) is 0. The third kappa shape index (κ3) is 1.63. The zero-order chi connectivity index (χ0) is 6.85. The maximum absolute atomic E-state index is 12.6. The molecule has 0 bridgehead atoms. The molecule has 2 heteroatoms. The van der Waals surface area contributed by atoms with Crippen molar-refractivity contribution in [2.24, 2.45) is 5.92 Å². The Hall–Kier alpha value is -0.140. The molecular formula is C7H12F2. The summed E-state index contributed by atoms with van der Waals surface area (Å²) in [5, 5.41) is 0. The fourth-order valence-electron chi connectivity index (χ4n) is 1.29. The van der Waals surface area contributed by atoms with Crippen LogP contribution in [-0.4, -0.2) is 12.3 Å². The van der Waals surface area contributed by atoms with E-state index < -0.39 is 12.3 Å². The average molecular weight is 134 g/mol. The van der Waals surface area contributed by atoms with Gasteiger partial charge in [-0.2, -0.15) is 0 Å². The average Bonchev–Trinajstić information content (AvgIpc) is 1.80. The standard InChI is InChI=1S/C7H12F2/c1-5-4-6(8)2-3-7(5)9/h5-7H,2-4H2,1H3. The summed E-state index contributed by atoms with van der Waals surface area (Å²) in [5.41, 5.74) is 0. The van der Waals surface area contributed by atoms with Gasteiger partial charge in [-0.1, -0.05) is 6.92 Å². The van der Waals surface area contributed by atoms with Crippen LogP contribution in [0.5, 0.6) is 0 Å². The molecule has 0 aliphatic heterocycles. The van der Waals surface area contributed by atoms with E-state index in [4.69, 9.17) is 0 Å². The van der Waals surface area contributed by atoms with Crippen molar-refractivity contribution in [3.8, 4) is 0 Å². The van der Waals surface area contributed by atoms with Gasteiger partial charge in [0.25, 0.3) is 0 Å². The Balaban J connectivity index is 2.35. The lowest BCUT2D eigenvalue weighted by Gasteiger charge is -2.24. The Labute approximate surface area is 54.3 Å². The first-order chi connectivity index (χ1) is 4.20. The molecule has 9 heavy (non-hydrogen) atoms. The minimum absolute atomic E-state index is 0.0613. The lowest BCUT2D eigenvalue weighted by molar-refractivity contribution is 0.114. The van der Waals surface area contributed by atoms with Crippen molar-refractivity contribution < 1.29 is 8.78 Å². The van der Waals surface area contributed by atoms with Crippen LogP contribution in [0.1, 0.15) is 26.2 Å². The molecule has 0 heterocycles. The van der Waals surface area contributed by atoms with E-state index in [-0.39, 0.29) is 5.92 Å². The van der Waals surface area contributed by atoms with Crippen molar-refractivity contribution in [3.05, 3.63) is 0 Å². The lowest BCUT2D eigenvalue weighted by atomic mass is 9.88. The van der Waals surface area contributed by atoms with Crippen LogP contribution in [0.15, 0.2) is 0 Å². The molecule has 1 aliphatic carbocycles. The van der Waals surface area contributed by atoms with Gasteiger partial charge in [-0.05, 0) is 25.2 Å². The van der Waals surface area contributed by atoms with Gasteiger partial charge >= 0.3 is 0 Å². The Morgan fingerprint density at radius 3 is 2.33 bits per heavy atom. The molecule has 0 N–H and O–H groups in total. The first-order valence-corrected chi connectivity index (χ1v) is 3.48. The third-order valence-electron chi connectivity index (χ3n) is 2.00. The van der Waals surface area contributed by atoms with Gasteiger partial charge in [-0.15, -0.1) is 0 Å². The SMILES string of the molecule is CC1CC(F)CCC1F. The molecule has 0 aromatic heterocycles. The van der Waals surface area contributed by atoms with Crippen LogP contribution in [0.2, 0.25) is 0 Å². The Kier molecular flexibility index (Phi) is 2.04. The molecule has 0 spiro atoms. The number of rotatable bonds is 0. The summed E-state index contributed by atoms with van der Waals surface area (Å²) in [6.45, 7) is 1.77. The predicted octanol–water partition coefficient (Wildman–Crippen LogP) is 2.48. The quantitative estimate of drug-likeness (QED) is 0.477. The summed E-state index contributed by atoms with van der Waals surface area (Å²) in [6, 6.07) is 0. The van der Waals surface area contributed by atoms with E-state index in [1.807, 2.05) is 0 Å². The summed E-state index contributed by atoms with van der Waals surface area (Å²) < 4.78 is 25.0. The fourth-order valence-corrected chi connectivity index (χ4v) is 1.29. The molecule has 0 aromatic rings. The molecule has 1 fully saturated rings. The highest BCUT2D eigenvalue weighted by molar-refractivity contribution is 4.76. The summed E-state index contributed by atoms with van der Waals surface area (Å²) in [4.78, 5) is 0. The Bertz CT molecular complexity index is 92.9. The van der Waals surface area contributed by atoms with Crippen LogP contribution < -0.4 is 0 Å². The first-order valence-electron chi connectivity index (χ1n) is 3.48. The van der Waals surface area contributed by atoms with Gasteiger partial charge in [0.1, 0.15) is 12.3 Å². The van der Waals surface area contributed by atoms with Crippen LogP contribution in [0, 0.1) is 5.92 Å². The smallest absolute Gasteiger partial charge is 0.103 e. The van der Waals surface area contributed by atoms with E-state index in [1.54, 1.807) is 6.92 Å². The molecule has 3 atom stereocenters. The Morgan fingerprint density at radius 2 is 1.89 bits per heavy atom. The van der Waals surface area contributed by atoms with E-state index >= 15 is 0 Å². The zero-order valence-electron chi connectivity index (χ0n) is 5.61. The van der Waals surface area contributed by atoms with Gasteiger partial charge in [0.05, 0.1) is 0 Å². The molecule has 0 saturated heterocycles. The molecule has 0 radical (unpaired) electrons. The van der Waals surface area contributed by atoms with E-state index in [9.17, 15) is 8.78 Å². The van der Waals surface area contributed by atoms with Gasteiger partial charge in [0.2, 0.25) is 0 Å². The summed E-state index contributed by atoms with van der Waals surface area (Å²) in [6.07, 6.45) is -0.237. The van der Waals surface area contributed by atoms with Gasteiger partial charge in [-0.3, -0.25) is 0 Å². The van der Waals surface area contributed by atoms with E-state index in [0.717, 1.165) is 0 Å². The van der Waals surface area contributed by atoms with Crippen molar-refractivity contribution in [2.45, 2.75) is 38.5 Å². The van der Waals surface area contributed by atoms with Crippen molar-refractivity contribution in [3.63, 3.8) is 0 Å². The highest BCUT2D eigenvalue weighted by Crippen LogP contribution is 2.28. The summed E-state index contributed by atoms with van der Waals surface area (Å²) >= 11 is 0. The van der Waals surface area contributed by atoms with E-state index in [2.05, 4.69) is 0 Å². The normalized spacial score (nSPS) is 45.0. The van der Waals surface area contributed by atoms with Crippen LogP contribution in [0.3, 0.4) is 0 Å². The second kappa shape index (κ2) is 2.63. The highest BCUT2D eigenvalue weighted by atomic mass is 19.1. The molecule has 0 nitrogen and oxygen atoms in total. The molecule has 1 saturated carbocycles. The minimum Gasteiger partial charge on any atom is -0.247 e. The maximum atomic E-state index is 12.6. The number of hydrogen-bond donors (Lipinski definition) is 0. The molecule has 1 aliphatic rings. The van der Waals surface area contributed by atoms with Crippen molar-refractivity contribution >= 4 is 0 Å². The number of hydrogen-bond acceptors (Lipinski definition) is 0. The number of halogens is 2. The predicted molar refractivity (Wildman–Crippen MR) is 32.8 cm³/mol. The van der Waals surface area contributed by atoms with E-state index in [0.29, 0.717) is 19.3 Å². The molecule has 3 unspecified atom stereocenters. The van der Waals surface area contributed by atoms with Crippen molar-refractivity contribution in [1.82, 2.24) is 0 Å². The van der Waals surface area contributed by atoms with E-state index in [1.165, 1.54) is 0 Å². The van der Waals surface area contributed by atoms with Crippen LogP contribution in [0.4, 0.5) is 8.78 Å². The summed E-state index contributed by atoms with van der Waals surface area (Å²) in [5.74, 6) is -0.0613. The topological polar surface area (TPSA) is 0 Å². The van der Waals surface area contributed by atoms with Gasteiger partial charge in [0, 0.05) is 0 Å². The second-order valence-corrected chi connectivity index (χ2v) is 2.90.